The van der Waals surface area contributed by atoms with Crippen molar-refractivity contribution in [1.29, 1.82) is 0 Å². The van der Waals surface area contributed by atoms with Crippen molar-refractivity contribution in [2.45, 2.75) is 6.42 Å². The molecule has 1 heterocycles. The van der Waals surface area contributed by atoms with Crippen molar-refractivity contribution in [3.05, 3.63) is 50.1 Å². The Labute approximate surface area is 118 Å². The van der Waals surface area contributed by atoms with Crippen molar-refractivity contribution < 1.29 is 4.74 Å². The van der Waals surface area contributed by atoms with E-state index in [0.29, 0.717) is 22.5 Å². The molecular formula is C12H12IN3O2. The molecule has 18 heavy (non-hydrogen) atoms. The monoisotopic (exact) mass is 357 g/mol. The Kier molecular flexibility index (Phi) is 4.19. The zero-order valence-corrected chi connectivity index (χ0v) is 11.7. The molecular weight excluding hydrogens is 345 g/mol. The van der Waals surface area contributed by atoms with Crippen molar-refractivity contribution in [3.8, 4) is 5.88 Å². The van der Waals surface area contributed by atoms with Crippen molar-refractivity contribution >= 4 is 28.3 Å². The number of nitrogens with zero attached hydrogens (tertiary/aromatic N) is 1. The highest BCUT2D eigenvalue weighted by Crippen LogP contribution is 2.14. The van der Waals surface area contributed by atoms with Crippen LogP contribution in [0, 0.1) is 3.57 Å². The smallest absolute Gasteiger partial charge is 0.268 e. The SMILES string of the molecule is Nc1ccccc1CCOc1nc[nH]c(=O)c1I. The van der Waals surface area contributed by atoms with Gasteiger partial charge in [-0.05, 0) is 34.2 Å². The normalized spacial score (nSPS) is 10.3. The largest absolute Gasteiger partial charge is 0.476 e. The summed E-state index contributed by atoms with van der Waals surface area (Å²) in [6.45, 7) is 0.431. The van der Waals surface area contributed by atoms with Gasteiger partial charge < -0.3 is 15.5 Å². The van der Waals surface area contributed by atoms with Crippen LogP contribution >= 0.6 is 22.6 Å². The maximum atomic E-state index is 11.3. The molecule has 94 valence electrons. The molecule has 0 spiro atoms. The summed E-state index contributed by atoms with van der Waals surface area (Å²) < 4.78 is 5.94. The summed E-state index contributed by atoms with van der Waals surface area (Å²) in [7, 11) is 0. The molecule has 3 N–H and O–H groups in total. The van der Waals surface area contributed by atoms with Crippen molar-refractivity contribution in [2.75, 3.05) is 12.3 Å². The number of nitrogens with one attached hydrogen (secondary N) is 1. The highest BCUT2D eigenvalue weighted by molar-refractivity contribution is 14.1. The first-order chi connectivity index (χ1) is 8.68. The molecule has 0 aliphatic rings. The topological polar surface area (TPSA) is 81.0 Å². The van der Waals surface area contributed by atoms with E-state index >= 15 is 0 Å². The molecule has 0 amide bonds. The average molecular weight is 357 g/mol. The summed E-state index contributed by atoms with van der Waals surface area (Å²) in [5.74, 6) is 0.355. The van der Waals surface area contributed by atoms with E-state index in [4.69, 9.17) is 10.5 Å². The van der Waals surface area contributed by atoms with Crippen LogP contribution in [0.25, 0.3) is 0 Å². The van der Waals surface area contributed by atoms with E-state index < -0.39 is 0 Å². The van der Waals surface area contributed by atoms with Gasteiger partial charge in [-0.2, -0.15) is 0 Å². The van der Waals surface area contributed by atoms with Gasteiger partial charge in [0.25, 0.3) is 5.56 Å². The first-order valence-electron chi connectivity index (χ1n) is 5.38. The third-order valence-corrected chi connectivity index (χ3v) is 3.38. The molecule has 6 heteroatoms. The van der Waals surface area contributed by atoms with Crippen molar-refractivity contribution in [3.63, 3.8) is 0 Å². The molecule has 0 atom stereocenters. The summed E-state index contributed by atoms with van der Waals surface area (Å²) in [5.41, 5.74) is 7.40. The predicted molar refractivity (Wildman–Crippen MR) is 77.6 cm³/mol. The van der Waals surface area contributed by atoms with Gasteiger partial charge in [-0.1, -0.05) is 18.2 Å². The number of anilines is 1. The van der Waals surface area contributed by atoms with E-state index in [-0.39, 0.29) is 5.56 Å². The van der Waals surface area contributed by atoms with Crippen LogP contribution in [0.4, 0.5) is 5.69 Å². The Morgan fingerprint density at radius 1 is 1.39 bits per heavy atom. The number of benzene rings is 1. The molecule has 0 radical (unpaired) electrons. The number of H-pyrrole nitrogens is 1. The van der Waals surface area contributed by atoms with Gasteiger partial charge in [0.2, 0.25) is 5.88 Å². The van der Waals surface area contributed by atoms with Crippen LogP contribution in [0.1, 0.15) is 5.56 Å². The lowest BCUT2D eigenvalue weighted by atomic mass is 10.1. The highest BCUT2D eigenvalue weighted by atomic mass is 127. The van der Waals surface area contributed by atoms with Crippen molar-refractivity contribution in [2.24, 2.45) is 0 Å². The second kappa shape index (κ2) is 5.85. The molecule has 5 nitrogen and oxygen atoms in total. The number of aromatic nitrogens is 2. The molecule has 2 aromatic rings. The Hall–Kier alpha value is -1.57. The Morgan fingerprint density at radius 3 is 2.94 bits per heavy atom. The zero-order chi connectivity index (χ0) is 13.0. The Morgan fingerprint density at radius 2 is 2.17 bits per heavy atom. The average Bonchev–Trinajstić information content (AvgIpc) is 2.37. The standard InChI is InChI=1S/C12H12IN3O2/c13-10-11(17)15-7-16-12(10)18-6-5-8-3-1-2-4-9(8)14/h1-4,7H,5-6,14H2,(H,15,16,17). The zero-order valence-electron chi connectivity index (χ0n) is 9.52. The van der Waals surface area contributed by atoms with E-state index in [1.165, 1.54) is 6.33 Å². The van der Waals surface area contributed by atoms with E-state index in [1.54, 1.807) is 0 Å². The van der Waals surface area contributed by atoms with Crippen LogP contribution in [-0.4, -0.2) is 16.6 Å². The third-order valence-electron chi connectivity index (χ3n) is 2.43. The number of nitrogen functional groups attached to an aromatic ring is 1. The number of halogens is 1. The lowest BCUT2D eigenvalue weighted by molar-refractivity contribution is 0.306. The van der Waals surface area contributed by atoms with Crippen LogP contribution in [0.3, 0.4) is 0 Å². The minimum absolute atomic E-state index is 0.195. The number of hydrogen-bond donors (Lipinski definition) is 2. The molecule has 0 saturated carbocycles. The van der Waals surface area contributed by atoms with Gasteiger partial charge in [-0.25, -0.2) is 4.98 Å². The van der Waals surface area contributed by atoms with Crippen LogP contribution in [-0.2, 0) is 6.42 Å². The van der Waals surface area contributed by atoms with E-state index in [0.717, 1.165) is 11.3 Å². The van der Waals surface area contributed by atoms with Gasteiger partial charge in [-0.3, -0.25) is 4.79 Å². The molecule has 2 rings (SSSR count). The van der Waals surface area contributed by atoms with E-state index in [2.05, 4.69) is 9.97 Å². The summed E-state index contributed by atoms with van der Waals surface area (Å²) in [6, 6.07) is 7.63. The molecule has 0 saturated heterocycles. The Bertz CT molecular complexity index is 598. The highest BCUT2D eigenvalue weighted by Gasteiger charge is 2.06. The lowest BCUT2D eigenvalue weighted by Crippen LogP contribution is -2.14. The maximum Gasteiger partial charge on any atom is 0.268 e. The molecule has 0 unspecified atom stereocenters. The number of rotatable bonds is 4. The van der Waals surface area contributed by atoms with Gasteiger partial charge in [0.1, 0.15) is 3.57 Å². The number of aromatic amines is 1. The molecule has 0 fully saturated rings. The van der Waals surface area contributed by atoms with E-state index in [9.17, 15) is 4.79 Å². The van der Waals surface area contributed by atoms with Crippen LogP contribution in [0.2, 0.25) is 0 Å². The van der Waals surface area contributed by atoms with Gasteiger partial charge >= 0.3 is 0 Å². The second-order valence-electron chi connectivity index (χ2n) is 3.65. The van der Waals surface area contributed by atoms with Crippen LogP contribution in [0.5, 0.6) is 5.88 Å². The van der Waals surface area contributed by atoms with Crippen LogP contribution < -0.4 is 16.0 Å². The van der Waals surface area contributed by atoms with Crippen molar-refractivity contribution in [1.82, 2.24) is 9.97 Å². The quantitative estimate of drug-likeness (QED) is 0.643. The fraction of sp³-hybridized carbons (Fsp3) is 0.167. The number of hydrogen-bond acceptors (Lipinski definition) is 4. The lowest BCUT2D eigenvalue weighted by Gasteiger charge is -2.07. The predicted octanol–water partition coefficient (Wildman–Crippen LogP) is 1.58. The molecule has 1 aromatic heterocycles. The first-order valence-corrected chi connectivity index (χ1v) is 6.45. The molecule has 0 aliphatic carbocycles. The molecule has 0 bridgehead atoms. The summed E-state index contributed by atoms with van der Waals surface area (Å²) in [4.78, 5) is 17.8. The minimum Gasteiger partial charge on any atom is -0.476 e. The maximum absolute atomic E-state index is 11.3. The molecule has 0 aliphatic heterocycles. The summed E-state index contributed by atoms with van der Waals surface area (Å²) in [6.07, 6.45) is 2.01. The molecule has 1 aromatic carbocycles. The Balaban J connectivity index is 1.99. The fourth-order valence-corrected chi connectivity index (χ4v) is 1.94. The second-order valence-corrected chi connectivity index (χ2v) is 4.73. The number of ether oxygens (including phenoxy) is 1. The first kappa shape index (κ1) is 12.9. The van der Waals surface area contributed by atoms with Gasteiger partial charge in [0.15, 0.2) is 0 Å². The number of nitrogens with two attached hydrogens (primary N) is 1. The fourth-order valence-electron chi connectivity index (χ4n) is 1.49. The minimum atomic E-state index is -0.195. The third kappa shape index (κ3) is 3.00. The van der Waals surface area contributed by atoms with Gasteiger partial charge in [0, 0.05) is 12.1 Å². The summed E-state index contributed by atoms with van der Waals surface area (Å²) >= 11 is 1.91. The van der Waals surface area contributed by atoms with Gasteiger partial charge in [0.05, 0.1) is 12.9 Å². The van der Waals surface area contributed by atoms with E-state index in [1.807, 2.05) is 46.9 Å². The van der Waals surface area contributed by atoms with Crippen LogP contribution in [0.15, 0.2) is 35.4 Å². The summed E-state index contributed by atoms with van der Waals surface area (Å²) in [5, 5.41) is 0. The number of para-hydroxylation sites is 1. The van der Waals surface area contributed by atoms with Gasteiger partial charge in [-0.15, -0.1) is 0 Å².